The number of sulfonamides is 1. The first-order valence-corrected chi connectivity index (χ1v) is 11.5. The zero-order chi connectivity index (χ0) is 22.2. The number of rotatable bonds is 4. The number of hydrogen-bond acceptors (Lipinski definition) is 3. The largest absolute Gasteiger partial charge is 0.345 e. The van der Waals surface area contributed by atoms with Gasteiger partial charge in [-0.3, -0.25) is 9.10 Å². The second kappa shape index (κ2) is 8.04. The van der Waals surface area contributed by atoms with Crippen LogP contribution in [0.5, 0.6) is 0 Å². The molecule has 0 saturated heterocycles. The average molecular weight is 433 g/mol. The van der Waals surface area contributed by atoms with E-state index in [4.69, 9.17) is 0 Å². The lowest BCUT2D eigenvalue weighted by atomic mass is 9.95. The molecule has 3 aromatic carbocycles. The molecule has 0 fully saturated rings. The number of amides is 1. The predicted octanol–water partition coefficient (Wildman–Crippen LogP) is 4.41. The van der Waals surface area contributed by atoms with E-state index in [0.29, 0.717) is 22.4 Å². The molecule has 4 rings (SSSR count). The van der Waals surface area contributed by atoms with Gasteiger partial charge in [-0.1, -0.05) is 78.4 Å². The third-order valence-corrected chi connectivity index (χ3v) is 7.38. The number of hydrogen-bond donors (Lipinski definition) is 1. The topological polar surface area (TPSA) is 66.5 Å². The highest BCUT2D eigenvalue weighted by molar-refractivity contribution is 7.97. The minimum atomic E-state index is -4.05. The maximum Gasteiger partial charge on any atom is 0.270 e. The number of anilines is 1. The van der Waals surface area contributed by atoms with E-state index in [1.165, 1.54) is 11.4 Å². The van der Waals surface area contributed by atoms with Crippen LogP contribution in [0.25, 0.3) is 5.57 Å². The van der Waals surface area contributed by atoms with Crippen molar-refractivity contribution in [3.63, 3.8) is 0 Å². The fourth-order valence-electron chi connectivity index (χ4n) is 3.80. The standard InChI is InChI=1S/C25H24N2O3S/c1-17-13-15-19(16-14-17)18(2)26-25(28)24-23(20-9-5-4-6-10-20)21-11-7-8-12-22(21)27(3)31(24,29)30/h4-16,18H,1-3H3,(H,26,28)/t18-/m0/s1. The summed E-state index contributed by atoms with van der Waals surface area (Å²) in [5.74, 6) is -0.617. The van der Waals surface area contributed by atoms with Crippen molar-refractivity contribution in [2.24, 2.45) is 0 Å². The highest BCUT2D eigenvalue weighted by atomic mass is 32.2. The zero-order valence-electron chi connectivity index (χ0n) is 17.7. The summed E-state index contributed by atoms with van der Waals surface area (Å²) < 4.78 is 28.1. The lowest BCUT2D eigenvalue weighted by molar-refractivity contribution is -0.117. The van der Waals surface area contributed by atoms with E-state index in [-0.39, 0.29) is 10.9 Å². The molecule has 0 aromatic heterocycles. The fraction of sp³-hybridized carbons (Fsp3) is 0.160. The van der Waals surface area contributed by atoms with Crippen LogP contribution in [0, 0.1) is 6.92 Å². The summed E-state index contributed by atoms with van der Waals surface area (Å²) in [5, 5.41) is 2.89. The van der Waals surface area contributed by atoms with Crippen molar-refractivity contribution >= 4 is 27.2 Å². The number of benzene rings is 3. The molecule has 158 valence electrons. The van der Waals surface area contributed by atoms with Crippen LogP contribution >= 0.6 is 0 Å². The first-order chi connectivity index (χ1) is 14.8. The Morgan fingerprint density at radius 3 is 2.19 bits per heavy atom. The summed E-state index contributed by atoms with van der Waals surface area (Å²) in [6, 6.07) is 23.9. The van der Waals surface area contributed by atoms with Crippen LogP contribution in [0.15, 0.2) is 83.8 Å². The Kier molecular flexibility index (Phi) is 5.41. The van der Waals surface area contributed by atoms with E-state index in [9.17, 15) is 13.2 Å². The monoisotopic (exact) mass is 432 g/mol. The Morgan fingerprint density at radius 1 is 0.903 bits per heavy atom. The quantitative estimate of drug-likeness (QED) is 0.664. The molecule has 1 aliphatic rings. The number of para-hydroxylation sites is 1. The van der Waals surface area contributed by atoms with Crippen molar-refractivity contribution in [1.82, 2.24) is 5.32 Å². The number of carbonyl (C=O) groups is 1. The van der Waals surface area contributed by atoms with E-state index in [2.05, 4.69) is 5.32 Å². The van der Waals surface area contributed by atoms with Gasteiger partial charge >= 0.3 is 0 Å². The normalized spacial score (nSPS) is 15.9. The molecular weight excluding hydrogens is 408 g/mol. The van der Waals surface area contributed by atoms with Gasteiger partial charge in [-0.25, -0.2) is 8.42 Å². The van der Waals surface area contributed by atoms with Crippen molar-refractivity contribution < 1.29 is 13.2 Å². The summed E-state index contributed by atoms with van der Waals surface area (Å²) in [5.41, 5.74) is 4.37. The maximum absolute atomic E-state index is 13.5. The van der Waals surface area contributed by atoms with E-state index >= 15 is 0 Å². The van der Waals surface area contributed by atoms with Crippen LogP contribution < -0.4 is 9.62 Å². The third-order valence-electron chi connectivity index (χ3n) is 5.55. The minimum Gasteiger partial charge on any atom is -0.345 e. The van der Waals surface area contributed by atoms with Crippen molar-refractivity contribution in [1.29, 1.82) is 0 Å². The highest BCUT2D eigenvalue weighted by Gasteiger charge is 2.39. The molecule has 0 aliphatic carbocycles. The number of nitrogens with zero attached hydrogens (tertiary/aromatic N) is 1. The Balaban J connectivity index is 1.87. The van der Waals surface area contributed by atoms with Crippen LogP contribution in [0.2, 0.25) is 0 Å². The summed E-state index contributed by atoms with van der Waals surface area (Å²) in [7, 11) is -2.57. The summed E-state index contributed by atoms with van der Waals surface area (Å²) in [4.78, 5) is 13.2. The molecule has 0 radical (unpaired) electrons. The molecule has 3 aromatic rings. The predicted molar refractivity (Wildman–Crippen MR) is 124 cm³/mol. The molecule has 1 amide bonds. The molecule has 1 aliphatic heterocycles. The van der Waals surface area contributed by atoms with Gasteiger partial charge in [0.2, 0.25) is 0 Å². The summed E-state index contributed by atoms with van der Waals surface area (Å²) in [6.45, 7) is 3.84. The number of aryl methyl sites for hydroxylation is 1. The van der Waals surface area contributed by atoms with Gasteiger partial charge in [0.25, 0.3) is 15.9 Å². The molecule has 31 heavy (non-hydrogen) atoms. The Labute approximate surface area is 183 Å². The van der Waals surface area contributed by atoms with Gasteiger partial charge in [0.05, 0.1) is 11.7 Å². The molecule has 6 heteroatoms. The maximum atomic E-state index is 13.5. The first kappa shape index (κ1) is 20.9. The van der Waals surface area contributed by atoms with Gasteiger partial charge in [0.15, 0.2) is 4.91 Å². The van der Waals surface area contributed by atoms with Crippen molar-refractivity contribution in [2.75, 3.05) is 11.4 Å². The lowest BCUT2D eigenvalue weighted by Gasteiger charge is -2.31. The van der Waals surface area contributed by atoms with Crippen molar-refractivity contribution in [3.8, 4) is 0 Å². The first-order valence-electron chi connectivity index (χ1n) is 10.1. The lowest BCUT2D eigenvalue weighted by Crippen LogP contribution is -2.40. The molecule has 1 atom stereocenters. The third kappa shape index (κ3) is 3.75. The minimum absolute atomic E-state index is 0.237. The SMILES string of the molecule is Cc1ccc([C@H](C)NC(=O)C2=C(c3ccccc3)c3ccccc3N(C)S2(=O)=O)cc1. The van der Waals surface area contributed by atoms with Crippen molar-refractivity contribution in [3.05, 3.63) is 106 Å². The van der Waals surface area contributed by atoms with Gasteiger partial charge in [-0.05, 0) is 31.0 Å². The molecule has 5 nitrogen and oxygen atoms in total. The van der Waals surface area contributed by atoms with Gasteiger partial charge in [0.1, 0.15) is 0 Å². The van der Waals surface area contributed by atoms with Gasteiger partial charge < -0.3 is 5.32 Å². The molecule has 1 heterocycles. The highest BCUT2D eigenvalue weighted by Crippen LogP contribution is 2.42. The second-order valence-electron chi connectivity index (χ2n) is 7.67. The summed E-state index contributed by atoms with van der Waals surface area (Å²) in [6.07, 6.45) is 0. The smallest absolute Gasteiger partial charge is 0.270 e. The molecule has 1 N–H and O–H groups in total. The molecule has 0 saturated carbocycles. The Bertz CT molecular complexity index is 1260. The van der Waals surface area contributed by atoms with E-state index in [1.807, 2.05) is 80.6 Å². The van der Waals surface area contributed by atoms with Crippen LogP contribution in [0.4, 0.5) is 5.69 Å². The molecule has 0 spiro atoms. The van der Waals surface area contributed by atoms with Crippen LogP contribution in [0.3, 0.4) is 0 Å². The molecule has 0 unspecified atom stereocenters. The number of carbonyl (C=O) groups excluding carboxylic acids is 1. The Hall–Kier alpha value is -3.38. The van der Waals surface area contributed by atoms with E-state index in [0.717, 1.165) is 11.1 Å². The zero-order valence-corrected chi connectivity index (χ0v) is 18.5. The van der Waals surface area contributed by atoms with E-state index < -0.39 is 15.9 Å². The van der Waals surface area contributed by atoms with Crippen LogP contribution in [-0.2, 0) is 14.8 Å². The van der Waals surface area contributed by atoms with Crippen LogP contribution in [-0.4, -0.2) is 21.4 Å². The number of nitrogens with one attached hydrogen (secondary N) is 1. The van der Waals surface area contributed by atoms with Crippen LogP contribution in [0.1, 0.15) is 35.2 Å². The molecule has 0 bridgehead atoms. The van der Waals surface area contributed by atoms with Gasteiger partial charge in [0, 0.05) is 18.2 Å². The van der Waals surface area contributed by atoms with E-state index in [1.54, 1.807) is 12.1 Å². The summed E-state index contributed by atoms with van der Waals surface area (Å²) >= 11 is 0. The van der Waals surface area contributed by atoms with Gasteiger partial charge in [-0.15, -0.1) is 0 Å². The average Bonchev–Trinajstić information content (AvgIpc) is 2.77. The Morgan fingerprint density at radius 2 is 1.52 bits per heavy atom. The second-order valence-corrected chi connectivity index (χ2v) is 9.57. The number of fused-ring (bicyclic) bond motifs is 1. The van der Waals surface area contributed by atoms with Crippen molar-refractivity contribution in [2.45, 2.75) is 19.9 Å². The van der Waals surface area contributed by atoms with Gasteiger partial charge in [-0.2, -0.15) is 0 Å². The molecular formula is C25H24N2O3S. The fourth-order valence-corrected chi connectivity index (χ4v) is 5.27.